The van der Waals surface area contributed by atoms with E-state index in [0.29, 0.717) is 19.5 Å². The van der Waals surface area contributed by atoms with Crippen LogP contribution in [0, 0.1) is 0 Å². The molecule has 1 aliphatic heterocycles. The molecule has 1 aliphatic rings. The van der Waals surface area contributed by atoms with Gasteiger partial charge in [0.2, 0.25) is 5.91 Å². The Bertz CT molecular complexity index is 451. The van der Waals surface area contributed by atoms with Gasteiger partial charge < -0.3 is 10.6 Å². The highest BCUT2D eigenvalue weighted by molar-refractivity contribution is 9.10. The van der Waals surface area contributed by atoms with Crippen molar-refractivity contribution in [2.75, 3.05) is 0 Å². The Labute approximate surface area is 110 Å². The zero-order valence-corrected chi connectivity index (χ0v) is 11.8. The van der Waals surface area contributed by atoms with Crippen molar-refractivity contribution in [3.05, 3.63) is 33.8 Å². The quantitative estimate of drug-likeness (QED) is 0.911. The summed E-state index contributed by atoms with van der Waals surface area (Å²) < 4.78 is 1.06. The SMILES string of the molecule is CC(C)(N)CC(=O)N1Cc2ccc(Br)cc2C1. The summed E-state index contributed by atoms with van der Waals surface area (Å²) in [6.07, 6.45) is 0.391. The van der Waals surface area contributed by atoms with Crippen molar-refractivity contribution in [3.63, 3.8) is 0 Å². The van der Waals surface area contributed by atoms with Crippen molar-refractivity contribution < 1.29 is 4.79 Å². The van der Waals surface area contributed by atoms with E-state index in [1.165, 1.54) is 11.1 Å². The highest BCUT2D eigenvalue weighted by atomic mass is 79.9. The molecular weight excluding hydrogens is 280 g/mol. The summed E-state index contributed by atoms with van der Waals surface area (Å²) >= 11 is 3.45. The molecule has 0 atom stereocenters. The van der Waals surface area contributed by atoms with Crippen LogP contribution in [0.15, 0.2) is 22.7 Å². The van der Waals surface area contributed by atoms with Crippen LogP contribution < -0.4 is 5.73 Å². The van der Waals surface area contributed by atoms with Gasteiger partial charge in [-0.2, -0.15) is 0 Å². The van der Waals surface area contributed by atoms with Gasteiger partial charge in [0.05, 0.1) is 0 Å². The van der Waals surface area contributed by atoms with Gasteiger partial charge in [-0.15, -0.1) is 0 Å². The largest absolute Gasteiger partial charge is 0.334 e. The summed E-state index contributed by atoms with van der Waals surface area (Å²) in [5.41, 5.74) is 7.90. The van der Waals surface area contributed by atoms with E-state index in [2.05, 4.69) is 28.1 Å². The third-order valence-electron chi connectivity index (χ3n) is 2.85. The van der Waals surface area contributed by atoms with E-state index < -0.39 is 5.54 Å². The van der Waals surface area contributed by atoms with Crippen LogP contribution in [0.5, 0.6) is 0 Å². The first-order chi connectivity index (χ1) is 7.85. The Hall–Kier alpha value is -0.870. The van der Waals surface area contributed by atoms with Crippen molar-refractivity contribution in [1.82, 2.24) is 4.90 Å². The Kier molecular flexibility index (Phi) is 3.27. The van der Waals surface area contributed by atoms with Gasteiger partial charge in [-0.25, -0.2) is 0 Å². The minimum absolute atomic E-state index is 0.129. The Morgan fingerprint density at radius 3 is 2.71 bits per heavy atom. The van der Waals surface area contributed by atoms with Gasteiger partial charge in [0.25, 0.3) is 0 Å². The van der Waals surface area contributed by atoms with E-state index in [1.807, 2.05) is 24.8 Å². The number of halogens is 1. The standard InChI is InChI=1S/C13H17BrN2O/c1-13(2,15)6-12(17)16-7-9-3-4-11(14)5-10(9)8-16/h3-5H,6-8,15H2,1-2H3. The number of carbonyl (C=O) groups is 1. The number of hydrogen-bond donors (Lipinski definition) is 1. The lowest BCUT2D eigenvalue weighted by molar-refractivity contribution is -0.132. The molecule has 0 spiro atoms. The van der Waals surface area contributed by atoms with Crippen LogP contribution in [0.2, 0.25) is 0 Å². The molecule has 1 aromatic carbocycles. The van der Waals surface area contributed by atoms with E-state index in [1.54, 1.807) is 0 Å². The van der Waals surface area contributed by atoms with E-state index in [9.17, 15) is 4.79 Å². The van der Waals surface area contributed by atoms with Gasteiger partial charge in [0.1, 0.15) is 0 Å². The van der Waals surface area contributed by atoms with Crippen LogP contribution in [-0.2, 0) is 17.9 Å². The van der Waals surface area contributed by atoms with E-state index in [4.69, 9.17) is 5.73 Å². The average molecular weight is 297 g/mol. The first-order valence-corrected chi connectivity index (χ1v) is 6.48. The molecule has 0 aromatic heterocycles. The topological polar surface area (TPSA) is 46.3 Å². The summed E-state index contributed by atoms with van der Waals surface area (Å²) in [4.78, 5) is 13.9. The highest BCUT2D eigenvalue weighted by Crippen LogP contribution is 2.26. The molecule has 4 heteroatoms. The Balaban J connectivity index is 2.07. The Morgan fingerprint density at radius 1 is 1.41 bits per heavy atom. The molecule has 0 saturated heterocycles. The number of hydrogen-bond acceptors (Lipinski definition) is 2. The number of rotatable bonds is 2. The zero-order valence-electron chi connectivity index (χ0n) is 10.2. The first-order valence-electron chi connectivity index (χ1n) is 5.69. The molecule has 0 radical (unpaired) electrons. The summed E-state index contributed by atoms with van der Waals surface area (Å²) in [7, 11) is 0. The molecule has 0 unspecified atom stereocenters. The number of fused-ring (bicyclic) bond motifs is 1. The predicted molar refractivity (Wildman–Crippen MR) is 71.3 cm³/mol. The fraction of sp³-hybridized carbons (Fsp3) is 0.462. The van der Waals surface area contributed by atoms with Crippen LogP contribution in [0.25, 0.3) is 0 Å². The van der Waals surface area contributed by atoms with Gasteiger partial charge in [-0.1, -0.05) is 22.0 Å². The molecular formula is C13H17BrN2O. The second kappa shape index (κ2) is 4.42. The van der Waals surface area contributed by atoms with Crippen LogP contribution in [-0.4, -0.2) is 16.3 Å². The molecule has 0 saturated carbocycles. The monoisotopic (exact) mass is 296 g/mol. The van der Waals surface area contributed by atoms with E-state index in [0.717, 1.165) is 4.47 Å². The van der Waals surface area contributed by atoms with Gasteiger partial charge in [-0.05, 0) is 37.1 Å². The van der Waals surface area contributed by atoms with Crippen LogP contribution in [0.4, 0.5) is 0 Å². The van der Waals surface area contributed by atoms with Crippen LogP contribution in [0.1, 0.15) is 31.4 Å². The highest BCUT2D eigenvalue weighted by Gasteiger charge is 2.26. The van der Waals surface area contributed by atoms with Gasteiger partial charge in [0, 0.05) is 29.5 Å². The minimum atomic E-state index is -0.438. The fourth-order valence-electron chi connectivity index (χ4n) is 2.04. The summed E-state index contributed by atoms with van der Waals surface area (Å²) in [5.74, 6) is 0.129. The molecule has 1 amide bonds. The normalized spacial score (nSPS) is 14.9. The van der Waals surface area contributed by atoms with Crippen molar-refractivity contribution in [1.29, 1.82) is 0 Å². The maximum atomic E-state index is 12.0. The van der Waals surface area contributed by atoms with Crippen molar-refractivity contribution in [3.8, 4) is 0 Å². The second-order valence-corrected chi connectivity index (χ2v) is 6.24. The number of nitrogens with zero attached hydrogens (tertiary/aromatic N) is 1. The number of carbonyl (C=O) groups excluding carboxylic acids is 1. The summed E-state index contributed by atoms with van der Waals surface area (Å²) in [6, 6.07) is 6.16. The van der Waals surface area contributed by atoms with Crippen molar-refractivity contribution in [2.24, 2.45) is 5.73 Å². The minimum Gasteiger partial charge on any atom is -0.334 e. The van der Waals surface area contributed by atoms with Gasteiger partial charge in [-0.3, -0.25) is 4.79 Å². The molecule has 0 fully saturated rings. The second-order valence-electron chi connectivity index (χ2n) is 5.33. The maximum absolute atomic E-state index is 12.0. The summed E-state index contributed by atoms with van der Waals surface area (Å²) in [5, 5.41) is 0. The van der Waals surface area contributed by atoms with Crippen molar-refractivity contribution >= 4 is 21.8 Å². The smallest absolute Gasteiger partial charge is 0.224 e. The molecule has 1 heterocycles. The summed E-state index contributed by atoms with van der Waals surface area (Å²) in [6.45, 7) is 5.16. The third kappa shape index (κ3) is 3.07. The Morgan fingerprint density at radius 2 is 2.06 bits per heavy atom. The number of benzene rings is 1. The molecule has 2 rings (SSSR count). The molecule has 1 aromatic rings. The van der Waals surface area contributed by atoms with E-state index >= 15 is 0 Å². The lowest BCUT2D eigenvalue weighted by Gasteiger charge is -2.22. The maximum Gasteiger partial charge on any atom is 0.224 e. The third-order valence-corrected chi connectivity index (χ3v) is 3.34. The van der Waals surface area contributed by atoms with E-state index in [-0.39, 0.29) is 5.91 Å². The average Bonchev–Trinajstić information content (AvgIpc) is 2.57. The molecule has 0 bridgehead atoms. The fourth-order valence-corrected chi connectivity index (χ4v) is 2.45. The van der Waals surface area contributed by atoms with Gasteiger partial charge in [0.15, 0.2) is 0 Å². The first kappa shape index (κ1) is 12.6. The molecule has 2 N–H and O–H groups in total. The van der Waals surface area contributed by atoms with Crippen molar-refractivity contribution in [2.45, 2.75) is 38.9 Å². The van der Waals surface area contributed by atoms with Gasteiger partial charge >= 0.3 is 0 Å². The molecule has 3 nitrogen and oxygen atoms in total. The molecule has 17 heavy (non-hydrogen) atoms. The molecule has 0 aliphatic carbocycles. The van der Waals surface area contributed by atoms with Crippen LogP contribution >= 0.6 is 15.9 Å². The zero-order chi connectivity index (χ0) is 12.6. The molecule has 92 valence electrons. The number of nitrogens with two attached hydrogens (primary N) is 1. The van der Waals surface area contributed by atoms with Crippen LogP contribution in [0.3, 0.4) is 0 Å². The lowest BCUT2D eigenvalue weighted by Crippen LogP contribution is -2.39. The number of amides is 1. The predicted octanol–water partition coefficient (Wildman–Crippen LogP) is 2.42. The lowest BCUT2D eigenvalue weighted by atomic mass is 10.0.